The molecule has 0 aliphatic heterocycles. The maximum atomic E-state index is 13.9. The SMILES string of the molecule is CC1(O)CCC(NS(=O)(=O)c2ccc(-c3ccc(F)cc3F)cc2)CC1. The third kappa shape index (κ3) is 4.28. The van der Waals surface area contributed by atoms with Crippen LogP contribution in [0.15, 0.2) is 47.4 Å². The smallest absolute Gasteiger partial charge is 0.240 e. The van der Waals surface area contributed by atoms with E-state index in [1.54, 1.807) is 6.92 Å². The van der Waals surface area contributed by atoms with Gasteiger partial charge in [-0.15, -0.1) is 0 Å². The van der Waals surface area contributed by atoms with Crippen LogP contribution in [0.1, 0.15) is 32.6 Å². The van der Waals surface area contributed by atoms with Crippen molar-refractivity contribution < 1.29 is 22.3 Å². The molecule has 4 nitrogen and oxygen atoms in total. The van der Waals surface area contributed by atoms with Crippen molar-refractivity contribution in [3.05, 3.63) is 54.1 Å². The fraction of sp³-hybridized carbons (Fsp3) is 0.368. The summed E-state index contributed by atoms with van der Waals surface area (Å²) in [7, 11) is -3.70. The summed E-state index contributed by atoms with van der Waals surface area (Å²) in [6, 6.07) is 8.85. The predicted octanol–water partition coefficient (Wildman–Crippen LogP) is 3.60. The van der Waals surface area contributed by atoms with E-state index in [-0.39, 0.29) is 16.5 Å². The summed E-state index contributed by atoms with van der Waals surface area (Å²) >= 11 is 0. The molecule has 26 heavy (non-hydrogen) atoms. The van der Waals surface area contributed by atoms with Crippen LogP contribution in [0.5, 0.6) is 0 Å². The number of sulfonamides is 1. The molecule has 0 atom stereocenters. The Balaban J connectivity index is 1.75. The minimum atomic E-state index is -3.70. The van der Waals surface area contributed by atoms with Crippen LogP contribution in [0, 0.1) is 11.6 Å². The molecule has 3 rings (SSSR count). The first-order valence-corrected chi connectivity index (χ1v) is 9.95. The summed E-state index contributed by atoms with van der Waals surface area (Å²) in [5, 5.41) is 9.95. The van der Waals surface area contributed by atoms with Crippen molar-refractivity contribution in [2.24, 2.45) is 0 Å². The van der Waals surface area contributed by atoms with Crippen LogP contribution >= 0.6 is 0 Å². The van der Waals surface area contributed by atoms with Crippen LogP contribution in [-0.2, 0) is 10.0 Å². The van der Waals surface area contributed by atoms with Gasteiger partial charge < -0.3 is 5.11 Å². The molecular formula is C19H21F2NO3S. The molecule has 1 aliphatic rings. The van der Waals surface area contributed by atoms with E-state index in [0.29, 0.717) is 31.2 Å². The molecule has 1 aliphatic carbocycles. The second-order valence-electron chi connectivity index (χ2n) is 7.04. The standard InChI is InChI=1S/C19H21F2NO3S/c1-19(23)10-8-15(9-11-19)22-26(24,25)16-5-2-13(3-6-16)17-7-4-14(20)12-18(17)21/h2-7,12,15,22-23H,8-11H2,1H3. The van der Waals surface area contributed by atoms with E-state index in [0.717, 1.165) is 12.1 Å². The van der Waals surface area contributed by atoms with Crippen molar-refractivity contribution in [3.63, 3.8) is 0 Å². The second-order valence-corrected chi connectivity index (χ2v) is 8.76. The van der Waals surface area contributed by atoms with Gasteiger partial charge in [0.1, 0.15) is 11.6 Å². The highest BCUT2D eigenvalue weighted by Crippen LogP contribution is 2.29. The Hall–Kier alpha value is -1.83. The van der Waals surface area contributed by atoms with Gasteiger partial charge >= 0.3 is 0 Å². The van der Waals surface area contributed by atoms with E-state index < -0.39 is 27.3 Å². The first-order chi connectivity index (χ1) is 12.2. The molecule has 0 amide bonds. The van der Waals surface area contributed by atoms with Crippen molar-refractivity contribution in [2.45, 2.75) is 49.1 Å². The van der Waals surface area contributed by atoms with Crippen LogP contribution < -0.4 is 4.72 Å². The third-order valence-electron chi connectivity index (χ3n) is 4.79. The molecule has 1 saturated carbocycles. The average molecular weight is 381 g/mol. The highest BCUT2D eigenvalue weighted by molar-refractivity contribution is 7.89. The monoisotopic (exact) mass is 381 g/mol. The maximum Gasteiger partial charge on any atom is 0.240 e. The van der Waals surface area contributed by atoms with Gasteiger partial charge in [0.2, 0.25) is 10.0 Å². The number of nitrogens with one attached hydrogen (secondary N) is 1. The normalized spacial score (nSPS) is 23.8. The lowest BCUT2D eigenvalue weighted by Gasteiger charge is -2.33. The number of benzene rings is 2. The number of hydrogen-bond donors (Lipinski definition) is 2. The van der Waals surface area contributed by atoms with Gasteiger partial charge in [-0.3, -0.25) is 0 Å². The summed E-state index contributed by atoms with van der Waals surface area (Å²) in [4.78, 5) is 0.0844. The van der Waals surface area contributed by atoms with Gasteiger partial charge in [-0.25, -0.2) is 21.9 Å². The maximum absolute atomic E-state index is 13.9. The molecule has 0 spiro atoms. The summed E-state index contributed by atoms with van der Waals surface area (Å²) in [5.41, 5.74) is -0.0593. The number of halogens is 2. The van der Waals surface area contributed by atoms with E-state index in [9.17, 15) is 22.3 Å². The minimum absolute atomic E-state index is 0.0844. The summed E-state index contributed by atoms with van der Waals surface area (Å²) in [5.74, 6) is -1.37. The molecule has 2 aromatic rings. The zero-order chi connectivity index (χ0) is 18.9. The van der Waals surface area contributed by atoms with E-state index >= 15 is 0 Å². The molecule has 1 fully saturated rings. The number of aliphatic hydroxyl groups is 1. The molecule has 7 heteroatoms. The van der Waals surface area contributed by atoms with Crippen LogP contribution in [0.25, 0.3) is 11.1 Å². The zero-order valence-electron chi connectivity index (χ0n) is 14.4. The largest absolute Gasteiger partial charge is 0.390 e. The molecular weight excluding hydrogens is 360 g/mol. The van der Waals surface area contributed by atoms with Gasteiger partial charge in [0.05, 0.1) is 10.5 Å². The molecule has 0 saturated heterocycles. The average Bonchev–Trinajstić information content (AvgIpc) is 2.57. The lowest BCUT2D eigenvalue weighted by atomic mass is 9.84. The van der Waals surface area contributed by atoms with Gasteiger partial charge in [0, 0.05) is 17.7 Å². The number of hydrogen-bond acceptors (Lipinski definition) is 3. The van der Waals surface area contributed by atoms with E-state index in [1.807, 2.05) is 0 Å². The predicted molar refractivity (Wildman–Crippen MR) is 95.0 cm³/mol. The topological polar surface area (TPSA) is 66.4 Å². The van der Waals surface area contributed by atoms with Crippen LogP contribution in [-0.4, -0.2) is 25.2 Å². The van der Waals surface area contributed by atoms with Crippen LogP contribution in [0.2, 0.25) is 0 Å². The van der Waals surface area contributed by atoms with Gasteiger partial charge in [-0.1, -0.05) is 12.1 Å². The van der Waals surface area contributed by atoms with Crippen molar-refractivity contribution in [1.29, 1.82) is 0 Å². The molecule has 2 aromatic carbocycles. The third-order valence-corrected chi connectivity index (χ3v) is 6.33. The van der Waals surface area contributed by atoms with Crippen molar-refractivity contribution in [3.8, 4) is 11.1 Å². The van der Waals surface area contributed by atoms with Crippen molar-refractivity contribution in [1.82, 2.24) is 4.72 Å². The fourth-order valence-corrected chi connectivity index (χ4v) is 4.49. The summed E-state index contributed by atoms with van der Waals surface area (Å²) < 4.78 is 54.6. The Morgan fingerprint density at radius 1 is 1.08 bits per heavy atom. The second kappa shape index (κ2) is 7.06. The first-order valence-electron chi connectivity index (χ1n) is 8.46. The highest BCUT2D eigenvalue weighted by atomic mass is 32.2. The van der Waals surface area contributed by atoms with Crippen LogP contribution in [0.3, 0.4) is 0 Å². The summed E-state index contributed by atoms with van der Waals surface area (Å²) in [6.45, 7) is 1.75. The molecule has 0 heterocycles. The Labute approximate surface area is 151 Å². The molecule has 0 unspecified atom stereocenters. The fourth-order valence-electron chi connectivity index (χ4n) is 3.18. The Bertz CT molecular complexity index is 886. The van der Waals surface area contributed by atoms with Crippen LogP contribution in [0.4, 0.5) is 8.78 Å². The van der Waals surface area contributed by atoms with E-state index in [1.165, 1.54) is 30.3 Å². The quantitative estimate of drug-likeness (QED) is 0.850. The molecule has 0 bridgehead atoms. The number of rotatable bonds is 4. The van der Waals surface area contributed by atoms with Crippen molar-refractivity contribution in [2.75, 3.05) is 0 Å². The molecule has 0 aromatic heterocycles. The Morgan fingerprint density at radius 3 is 2.27 bits per heavy atom. The lowest BCUT2D eigenvalue weighted by molar-refractivity contribution is 0.0163. The minimum Gasteiger partial charge on any atom is -0.390 e. The van der Waals surface area contributed by atoms with Gasteiger partial charge in [0.25, 0.3) is 0 Å². The highest BCUT2D eigenvalue weighted by Gasteiger charge is 2.31. The zero-order valence-corrected chi connectivity index (χ0v) is 15.2. The van der Waals surface area contributed by atoms with E-state index in [4.69, 9.17) is 0 Å². The molecule has 140 valence electrons. The van der Waals surface area contributed by atoms with Gasteiger partial charge in [-0.05, 0) is 62.4 Å². The lowest BCUT2D eigenvalue weighted by Crippen LogP contribution is -2.42. The first kappa shape index (κ1) is 18.9. The van der Waals surface area contributed by atoms with Gasteiger partial charge in [-0.2, -0.15) is 0 Å². The Morgan fingerprint density at radius 2 is 1.69 bits per heavy atom. The molecule has 2 N–H and O–H groups in total. The molecule has 0 radical (unpaired) electrons. The summed E-state index contributed by atoms with van der Waals surface area (Å²) in [6.07, 6.45) is 2.24. The van der Waals surface area contributed by atoms with Crippen molar-refractivity contribution >= 4 is 10.0 Å². The Kier molecular flexibility index (Phi) is 5.14. The van der Waals surface area contributed by atoms with Gasteiger partial charge in [0.15, 0.2) is 0 Å². The van der Waals surface area contributed by atoms with E-state index in [2.05, 4.69) is 4.72 Å².